The lowest BCUT2D eigenvalue weighted by molar-refractivity contribution is -0.915. The summed E-state index contributed by atoms with van der Waals surface area (Å²) < 4.78 is 11.0. The summed E-state index contributed by atoms with van der Waals surface area (Å²) in [4.78, 5) is 1.68. The van der Waals surface area contributed by atoms with Crippen molar-refractivity contribution in [1.82, 2.24) is 0 Å². The molecule has 1 atom stereocenters. The first-order valence-electron chi connectivity index (χ1n) is 7.73. The van der Waals surface area contributed by atoms with E-state index in [1.165, 1.54) is 37.9 Å². The van der Waals surface area contributed by atoms with Crippen LogP contribution in [-0.2, 0) is 6.54 Å². The zero-order valence-electron chi connectivity index (χ0n) is 13.3. The highest BCUT2D eigenvalue weighted by molar-refractivity contribution is 5.48. The summed E-state index contributed by atoms with van der Waals surface area (Å²) in [6, 6.07) is 4.22. The maximum absolute atomic E-state index is 5.62. The summed E-state index contributed by atoms with van der Waals surface area (Å²) in [5.41, 5.74) is 2.41. The molecule has 0 radical (unpaired) electrons. The van der Waals surface area contributed by atoms with Gasteiger partial charge in [0.1, 0.15) is 18.0 Å². The van der Waals surface area contributed by atoms with Crippen LogP contribution >= 0.6 is 0 Å². The van der Waals surface area contributed by atoms with Gasteiger partial charge in [-0.1, -0.05) is 6.92 Å². The monoisotopic (exact) mass is 278 g/mol. The Labute approximate surface area is 122 Å². The smallest absolute Gasteiger partial charge is 0.134 e. The largest absolute Gasteiger partial charge is 0.496 e. The van der Waals surface area contributed by atoms with Gasteiger partial charge in [0.2, 0.25) is 0 Å². The van der Waals surface area contributed by atoms with Gasteiger partial charge in [-0.2, -0.15) is 0 Å². The first-order valence-corrected chi connectivity index (χ1v) is 7.73. The van der Waals surface area contributed by atoms with E-state index >= 15 is 0 Å². The quantitative estimate of drug-likeness (QED) is 0.788. The van der Waals surface area contributed by atoms with Crippen LogP contribution in [0, 0.1) is 12.8 Å². The zero-order valence-corrected chi connectivity index (χ0v) is 13.3. The molecule has 3 heteroatoms. The Balaban J connectivity index is 2.15. The van der Waals surface area contributed by atoms with Crippen molar-refractivity contribution in [3.8, 4) is 11.5 Å². The molecule has 0 heterocycles. The number of benzene rings is 1. The highest BCUT2D eigenvalue weighted by atomic mass is 16.5. The van der Waals surface area contributed by atoms with E-state index in [1.54, 1.807) is 19.1 Å². The van der Waals surface area contributed by atoms with Crippen LogP contribution in [0.1, 0.15) is 37.3 Å². The second-order valence-electron chi connectivity index (χ2n) is 5.91. The molecule has 2 rings (SSSR count). The average Bonchev–Trinajstić information content (AvgIpc) is 3.23. The van der Waals surface area contributed by atoms with Gasteiger partial charge in [-0.3, -0.25) is 0 Å². The molecule has 20 heavy (non-hydrogen) atoms. The van der Waals surface area contributed by atoms with Gasteiger partial charge >= 0.3 is 0 Å². The van der Waals surface area contributed by atoms with E-state index in [-0.39, 0.29) is 0 Å². The van der Waals surface area contributed by atoms with E-state index in [4.69, 9.17) is 9.47 Å². The maximum Gasteiger partial charge on any atom is 0.134 e. The van der Waals surface area contributed by atoms with E-state index in [2.05, 4.69) is 26.0 Å². The molecule has 1 saturated carbocycles. The average molecular weight is 278 g/mol. The summed E-state index contributed by atoms with van der Waals surface area (Å²) in [6.07, 6.45) is 4.08. The Morgan fingerprint density at radius 3 is 2.50 bits per heavy atom. The van der Waals surface area contributed by atoms with Crippen LogP contribution in [0.3, 0.4) is 0 Å². The van der Waals surface area contributed by atoms with Crippen LogP contribution in [0.25, 0.3) is 0 Å². The third kappa shape index (κ3) is 3.66. The standard InChI is InChI=1S/C17H27NO2/c1-5-10-18(11-14-6-7-14)12-15-8-9-16(19-3)13(2)17(15)20-4/h8-9,14H,5-7,10-12H2,1-4H3/p+1. The fraction of sp³-hybridized carbons (Fsp3) is 0.647. The SMILES string of the molecule is CCC[NH+](Cc1ccc(OC)c(C)c1OC)CC1CC1. The van der Waals surface area contributed by atoms with Crippen molar-refractivity contribution in [1.29, 1.82) is 0 Å². The van der Waals surface area contributed by atoms with Crippen molar-refractivity contribution in [2.75, 3.05) is 27.3 Å². The zero-order chi connectivity index (χ0) is 14.5. The fourth-order valence-corrected chi connectivity index (χ4v) is 2.99. The molecule has 1 aliphatic rings. The molecule has 1 fully saturated rings. The summed E-state index contributed by atoms with van der Waals surface area (Å²) in [5.74, 6) is 2.86. The van der Waals surface area contributed by atoms with Gasteiger partial charge in [-0.15, -0.1) is 0 Å². The number of quaternary nitrogens is 1. The second kappa shape index (κ2) is 6.98. The van der Waals surface area contributed by atoms with E-state index in [9.17, 15) is 0 Å². The van der Waals surface area contributed by atoms with Crippen molar-refractivity contribution in [2.45, 2.75) is 39.7 Å². The maximum atomic E-state index is 5.62. The first kappa shape index (κ1) is 15.2. The van der Waals surface area contributed by atoms with Crippen molar-refractivity contribution >= 4 is 0 Å². The summed E-state index contributed by atoms with van der Waals surface area (Å²) in [5, 5.41) is 0. The Kier molecular flexibility index (Phi) is 5.30. The van der Waals surface area contributed by atoms with Crippen LogP contribution < -0.4 is 14.4 Å². The molecule has 1 aromatic rings. The third-order valence-electron chi connectivity index (χ3n) is 4.18. The van der Waals surface area contributed by atoms with Crippen LogP contribution in [0.4, 0.5) is 0 Å². The Hall–Kier alpha value is -1.22. The number of hydrogen-bond donors (Lipinski definition) is 1. The molecule has 0 aromatic heterocycles. The van der Waals surface area contributed by atoms with E-state index < -0.39 is 0 Å². The van der Waals surface area contributed by atoms with Crippen LogP contribution in [0.2, 0.25) is 0 Å². The van der Waals surface area contributed by atoms with Gasteiger partial charge in [-0.05, 0) is 38.3 Å². The van der Waals surface area contributed by atoms with Crippen LogP contribution in [-0.4, -0.2) is 27.3 Å². The van der Waals surface area contributed by atoms with Crippen molar-refractivity contribution < 1.29 is 14.4 Å². The highest BCUT2D eigenvalue weighted by Gasteiger charge is 2.27. The summed E-state index contributed by atoms with van der Waals surface area (Å²) >= 11 is 0. The number of rotatable bonds is 8. The van der Waals surface area contributed by atoms with Gasteiger partial charge < -0.3 is 14.4 Å². The predicted molar refractivity (Wildman–Crippen MR) is 81.7 cm³/mol. The van der Waals surface area contributed by atoms with E-state index in [1.807, 2.05) is 0 Å². The lowest BCUT2D eigenvalue weighted by Crippen LogP contribution is -3.11. The summed E-state index contributed by atoms with van der Waals surface area (Å²) in [7, 11) is 3.47. The molecule has 0 aliphatic heterocycles. The summed E-state index contributed by atoms with van der Waals surface area (Å²) in [6.45, 7) is 7.94. The van der Waals surface area contributed by atoms with Gasteiger partial charge in [0.25, 0.3) is 0 Å². The molecule has 0 amide bonds. The minimum atomic E-state index is 0.907. The highest BCUT2D eigenvalue weighted by Crippen LogP contribution is 2.31. The number of hydrogen-bond acceptors (Lipinski definition) is 2. The van der Waals surface area contributed by atoms with Gasteiger partial charge in [-0.25, -0.2) is 0 Å². The van der Waals surface area contributed by atoms with Crippen molar-refractivity contribution in [3.05, 3.63) is 23.3 Å². The Morgan fingerprint density at radius 2 is 1.95 bits per heavy atom. The minimum absolute atomic E-state index is 0.907. The van der Waals surface area contributed by atoms with Gasteiger partial charge in [0.15, 0.2) is 0 Å². The fourth-order valence-electron chi connectivity index (χ4n) is 2.99. The second-order valence-corrected chi connectivity index (χ2v) is 5.91. The molecule has 0 spiro atoms. The van der Waals surface area contributed by atoms with E-state index in [0.29, 0.717) is 0 Å². The molecular formula is C17H28NO2+. The topological polar surface area (TPSA) is 22.9 Å². The lowest BCUT2D eigenvalue weighted by atomic mass is 10.1. The number of ether oxygens (including phenoxy) is 2. The minimum Gasteiger partial charge on any atom is -0.496 e. The van der Waals surface area contributed by atoms with Gasteiger partial charge in [0, 0.05) is 17.0 Å². The van der Waals surface area contributed by atoms with Crippen LogP contribution in [0.15, 0.2) is 12.1 Å². The third-order valence-corrected chi connectivity index (χ3v) is 4.18. The molecule has 0 bridgehead atoms. The van der Waals surface area contributed by atoms with Crippen LogP contribution in [0.5, 0.6) is 11.5 Å². The Morgan fingerprint density at radius 1 is 1.20 bits per heavy atom. The van der Waals surface area contributed by atoms with Crippen molar-refractivity contribution in [2.24, 2.45) is 5.92 Å². The molecule has 1 aromatic carbocycles. The molecular weight excluding hydrogens is 250 g/mol. The van der Waals surface area contributed by atoms with Gasteiger partial charge in [0.05, 0.1) is 27.3 Å². The Bertz CT molecular complexity index is 441. The molecule has 1 aliphatic carbocycles. The van der Waals surface area contributed by atoms with E-state index in [0.717, 1.165) is 29.5 Å². The molecule has 1 N–H and O–H groups in total. The predicted octanol–water partition coefficient (Wildman–Crippen LogP) is 2.22. The first-order chi connectivity index (χ1) is 9.69. The molecule has 0 saturated heterocycles. The number of nitrogens with one attached hydrogen (secondary N) is 1. The molecule has 112 valence electrons. The molecule has 1 unspecified atom stereocenters. The lowest BCUT2D eigenvalue weighted by Gasteiger charge is -2.21. The van der Waals surface area contributed by atoms with Crippen molar-refractivity contribution in [3.63, 3.8) is 0 Å². The molecule has 3 nitrogen and oxygen atoms in total. The number of methoxy groups -OCH3 is 2. The normalized spacial score (nSPS) is 16.0.